The lowest BCUT2D eigenvalue weighted by atomic mass is 10.1. The second-order valence-electron chi connectivity index (χ2n) is 7.95. The van der Waals surface area contributed by atoms with Crippen molar-refractivity contribution < 1.29 is 14.1 Å². The summed E-state index contributed by atoms with van der Waals surface area (Å²) in [5, 5.41) is 2.41. The van der Waals surface area contributed by atoms with Crippen LogP contribution in [-0.2, 0) is 20.5 Å². The zero-order chi connectivity index (χ0) is 18.8. The van der Waals surface area contributed by atoms with Crippen LogP contribution in [0.15, 0.2) is 30.5 Å². The fraction of sp³-hybridized carbons (Fsp3) is 0.526. The number of hydrogen-bond acceptors (Lipinski definition) is 3. The second-order valence-corrected chi connectivity index (χ2v) is 12.7. The number of nitrogens with zero attached hydrogens (tertiary/aromatic N) is 1. The molecule has 6 heteroatoms. The van der Waals surface area contributed by atoms with Crippen LogP contribution in [-0.4, -0.2) is 44.5 Å². The number of nitrogens with one attached hydrogen (secondary N) is 1. The normalized spacial score (nSPS) is 13.9. The number of aromatic nitrogens is 1. The number of aromatic amines is 1. The van der Waals surface area contributed by atoms with Crippen LogP contribution in [0.2, 0.25) is 18.1 Å². The molecule has 1 unspecified atom stereocenters. The predicted molar refractivity (Wildman–Crippen MR) is 104 cm³/mol. The van der Waals surface area contributed by atoms with Gasteiger partial charge in [-0.3, -0.25) is 9.63 Å². The Balaban J connectivity index is 2.33. The molecule has 0 spiro atoms. The molecule has 0 bridgehead atoms. The molecule has 2 rings (SSSR count). The van der Waals surface area contributed by atoms with Crippen LogP contribution in [0.25, 0.3) is 10.9 Å². The molecule has 0 fully saturated rings. The first-order valence-electron chi connectivity index (χ1n) is 8.61. The van der Waals surface area contributed by atoms with E-state index in [0.717, 1.165) is 16.5 Å². The van der Waals surface area contributed by atoms with Gasteiger partial charge in [0, 0.05) is 30.6 Å². The molecule has 25 heavy (non-hydrogen) atoms. The lowest BCUT2D eigenvalue weighted by Gasteiger charge is -2.39. The Hall–Kier alpha value is -1.63. The zero-order valence-electron chi connectivity index (χ0n) is 16.3. The highest BCUT2D eigenvalue weighted by molar-refractivity contribution is 6.74. The van der Waals surface area contributed by atoms with Gasteiger partial charge in [-0.25, -0.2) is 5.06 Å². The van der Waals surface area contributed by atoms with Crippen molar-refractivity contribution in [3.8, 4) is 0 Å². The maximum atomic E-state index is 12.8. The first kappa shape index (κ1) is 19.7. The number of likely N-dealkylation sites (N-methyl/N-ethyl adjacent to an activating group) is 1. The van der Waals surface area contributed by atoms with Crippen LogP contribution in [0.4, 0.5) is 0 Å². The van der Waals surface area contributed by atoms with E-state index < -0.39 is 14.4 Å². The van der Waals surface area contributed by atoms with E-state index in [1.807, 2.05) is 24.4 Å². The van der Waals surface area contributed by atoms with Crippen LogP contribution < -0.4 is 0 Å². The third kappa shape index (κ3) is 4.32. The number of fused-ring (bicyclic) bond motifs is 1. The molecular formula is C19H30N2O3Si. The van der Waals surface area contributed by atoms with Gasteiger partial charge in [-0.1, -0.05) is 39.0 Å². The average Bonchev–Trinajstić information content (AvgIpc) is 2.94. The zero-order valence-corrected chi connectivity index (χ0v) is 17.3. The van der Waals surface area contributed by atoms with Gasteiger partial charge in [-0.2, -0.15) is 0 Å². The molecule has 0 radical (unpaired) electrons. The Bertz CT molecular complexity index is 734. The second kappa shape index (κ2) is 7.31. The van der Waals surface area contributed by atoms with Gasteiger partial charge >= 0.3 is 0 Å². The third-order valence-electron chi connectivity index (χ3n) is 5.18. The fourth-order valence-electron chi connectivity index (χ4n) is 2.50. The summed E-state index contributed by atoms with van der Waals surface area (Å²) in [7, 11) is 1.01. The summed E-state index contributed by atoms with van der Waals surface area (Å²) in [6.07, 6.45) is 1.92. The summed E-state index contributed by atoms with van der Waals surface area (Å²) >= 11 is 0. The van der Waals surface area contributed by atoms with Crippen molar-refractivity contribution in [2.24, 2.45) is 0 Å². The summed E-state index contributed by atoms with van der Waals surface area (Å²) in [5.74, 6) is -0.155. The monoisotopic (exact) mass is 362 g/mol. The fourth-order valence-corrected chi connectivity index (χ4v) is 3.75. The SMILES string of the molecule is CON(C)C(=O)C(Cc1c[nH]c2ccccc12)O[Si](C)(C)C(C)(C)C. The predicted octanol–water partition coefficient (Wildman–Crippen LogP) is 4.12. The lowest BCUT2D eigenvalue weighted by molar-refractivity contribution is -0.176. The van der Waals surface area contributed by atoms with Crippen molar-refractivity contribution in [2.75, 3.05) is 14.2 Å². The molecule has 138 valence electrons. The molecule has 0 aliphatic rings. The largest absolute Gasteiger partial charge is 0.404 e. The molecule has 0 saturated heterocycles. The molecule has 5 nitrogen and oxygen atoms in total. The van der Waals surface area contributed by atoms with Gasteiger partial charge in [-0.15, -0.1) is 0 Å². The van der Waals surface area contributed by atoms with Gasteiger partial charge in [0.2, 0.25) is 0 Å². The van der Waals surface area contributed by atoms with Gasteiger partial charge in [0.15, 0.2) is 8.32 Å². The highest BCUT2D eigenvalue weighted by atomic mass is 28.4. The number of rotatable bonds is 6. The first-order valence-corrected chi connectivity index (χ1v) is 11.5. The van der Waals surface area contributed by atoms with E-state index >= 15 is 0 Å². The van der Waals surface area contributed by atoms with Crippen LogP contribution in [0.5, 0.6) is 0 Å². The van der Waals surface area contributed by atoms with Crippen molar-refractivity contribution in [1.82, 2.24) is 10.0 Å². The van der Waals surface area contributed by atoms with Gasteiger partial charge in [0.1, 0.15) is 6.10 Å². The number of para-hydroxylation sites is 1. The summed E-state index contributed by atoms with van der Waals surface area (Å²) in [5.41, 5.74) is 2.15. The molecule has 0 aliphatic heterocycles. The number of carbonyl (C=O) groups excluding carboxylic acids is 1. The van der Waals surface area contributed by atoms with E-state index in [1.54, 1.807) is 7.05 Å². The minimum atomic E-state index is -2.10. The molecule has 1 N–H and O–H groups in total. The van der Waals surface area contributed by atoms with Crippen molar-refractivity contribution >= 4 is 25.1 Å². The molecule has 1 amide bonds. The van der Waals surface area contributed by atoms with E-state index in [4.69, 9.17) is 9.26 Å². The standard InChI is InChI=1S/C19H30N2O3Si/c1-19(2,3)25(6,7)24-17(18(22)21(4)23-5)12-14-13-20-16-11-9-8-10-15(14)16/h8-11,13,17,20H,12H2,1-7H3. The highest BCUT2D eigenvalue weighted by Crippen LogP contribution is 2.38. The van der Waals surface area contributed by atoms with Gasteiger partial charge < -0.3 is 9.41 Å². The van der Waals surface area contributed by atoms with E-state index in [1.165, 1.54) is 12.2 Å². The van der Waals surface area contributed by atoms with E-state index in [-0.39, 0.29) is 10.9 Å². The van der Waals surface area contributed by atoms with E-state index in [9.17, 15) is 4.79 Å². The molecule has 1 heterocycles. The number of amides is 1. The third-order valence-corrected chi connectivity index (χ3v) is 9.67. The van der Waals surface area contributed by atoms with Gasteiger partial charge in [-0.05, 0) is 29.8 Å². The van der Waals surface area contributed by atoms with Crippen molar-refractivity contribution in [1.29, 1.82) is 0 Å². The maximum Gasteiger partial charge on any atom is 0.274 e. The minimum absolute atomic E-state index is 0.0252. The van der Waals surface area contributed by atoms with E-state index in [0.29, 0.717) is 6.42 Å². The Morgan fingerprint density at radius 3 is 2.52 bits per heavy atom. The Labute approximate surface area is 151 Å². The van der Waals surface area contributed by atoms with Gasteiger partial charge in [0.05, 0.1) is 7.11 Å². The number of carbonyl (C=O) groups is 1. The van der Waals surface area contributed by atoms with Crippen molar-refractivity contribution in [3.63, 3.8) is 0 Å². The Morgan fingerprint density at radius 1 is 1.28 bits per heavy atom. The highest BCUT2D eigenvalue weighted by Gasteiger charge is 2.41. The number of hydroxylamine groups is 2. The van der Waals surface area contributed by atoms with Crippen LogP contribution in [0, 0.1) is 0 Å². The quantitative estimate of drug-likeness (QED) is 0.621. The molecule has 1 aromatic carbocycles. The Morgan fingerprint density at radius 2 is 1.92 bits per heavy atom. The van der Waals surface area contributed by atoms with Crippen molar-refractivity contribution in [2.45, 2.75) is 51.4 Å². The average molecular weight is 363 g/mol. The first-order chi connectivity index (χ1) is 11.6. The molecule has 1 aromatic heterocycles. The smallest absolute Gasteiger partial charge is 0.274 e. The number of benzene rings is 1. The lowest BCUT2D eigenvalue weighted by Crippen LogP contribution is -2.49. The van der Waals surface area contributed by atoms with Crippen LogP contribution in [0.3, 0.4) is 0 Å². The number of hydrogen-bond donors (Lipinski definition) is 1. The summed E-state index contributed by atoms with van der Waals surface area (Å²) in [4.78, 5) is 21.2. The number of H-pyrrole nitrogens is 1. The summed E-state index contributed by atoms with van der Waals surface area (Å²) in [6.45, 7) is 10.8. The topological polar surface area (TPSA) is 54.6 Å². The molecule has 1 atom stereocenters. The van der Waals surface area contributed by atoms with Crippen molar-refractivity contribution in [3.05, 3.63) is 36.0 Å². The molecular weight excluding hydrogens is 332 g/mol. The summed E-state index contributed by atoms with van der Waals surface area (Å²) in [6, 6.07) is 8.10. The molecule has 0 aliphatic carbocycles. The maximum absolute atomic E-state index is 12.8. The minimum Gasteiger partial charge on any atom is -0.404 e. The van der Waals surface area contributed by atoms with E-state index in [2.05, 4.69) is 44.9 Å². The Kier molecular flexibility index (Phi) is 5.76. The molecule has 0 saturated carbocycles. The molecule has 2 aromatic rings. The van der Waals surface area contributed by atoms with Gasteiger partial charge in [0.25, 0.3) is 5.91 Å². The summed E-state index contributed by atoms with van der Waals surface area (Å²) < 4.78 is 6.46. The van der Waals surface area contributed by atoms with Crippen LogP contribution in [0.1, 0.15) is 26.3 Å². The van der Waals surface area contributed by atoms with Crippen LogP contribution >= 0.6 is 0 Å².